The van der Waals surface area contributed by atoms with Crippen LogP contribution in [0, 0.1) is 0 Å². The summed E-state index contributed by atoms with van der Waals surface area (Å²) in [6.45, 7) is 3.52. The number of aromatic nitrogens is 5. The van der Waals surface area contributed by atoms with Crippen molar-refractivity contribution in [3.05, 3.63) is 18.5 Å². The number of rotatable bonds is 7. The van der Waals surface area contributed by atoms with Gasteiger partial charge in [-0.05, 0) is 13.0 Å². The highest BCUT2D eigenvalue weighted by Crippen LogP contribution is 2.10. The van der Waals surface area contributed by atoms with E-state index in [4.69, 9.17) is 9.47 Å². The molecule has 102 valence electrons. The average Bonchev–Trinajstić information content (AvgIpc) is 2.93. The second-order valence-corrected chi connectivity index (χ2v) is 3.56. The number of nitrogens with one attached hydrogen (secondary N) is 1. The molecule has 0 spiro atoms. The van der Waals surface area contributed by atoms with Crippen molar-refractivity contribution in [2.45, 2.75) is 6.92 Å². The quantitative estimate of drug-likeness (QED) is 0.729. The maximum Gasteiger partial charge on any atom is 0.323 e. The number of hydrogen-bond donors (Lipinski definition) is 1. The van der Waals surface area contributed by atoms with Crippen LogP contribution in [0.25, 0.3) is 5.95 Å². The van der Waals surface area contributed by atoms with Gasteiger partial charge in [-0.15, -0.1) is 0 Å². The Labute approximate surface area is 110 Å². The summed E-state index contributed by atoms with van der Waals surface area (Å²) in [6.07, 6.45) is 3.41. The summed E-state index contributed by atoms with van der Waals surface area (Å²) in [5, 5.41) is 7.11. The van der Waals surface area contributed by atoms with Crippen LogP contribution in [-0.4, -0.2) is 51.6 Å². The number of nitrogens with zero attached hydrogens (tertiary/aromatic N) is 5. The van der Waals surface area contributed by atoms with Gasteiger partial charge < -0.3 is 14.8 Å². The first-order valence-electron chi connectivity index (χ1n) is 5.95. The minimum absolute atomic E-state index is 0.244. The van der Waals surface area contributed by atoms with Gasteiger partial charge in [-0.3, -0.25) is 0 Å². The highest BCUT2D eigenvalue weighted by Gasteiger charge is 2.08. The molecule has 0 fully saturated rings. The van der Waals surface area contributed by atoms with Crippen LogP contribution in [0.5, 0.6) is 6.01 Å². The standard InChI is InChI=1S/C11H16N6O2/c1-3-12-9-14-10(17-6-4-5-13-17)16-11(15-9)19-8-7-18-2/h4-6H,3,7-8H2,1-2H3,(H,12,14,15,16). The molecule has 0 saturated heterocycles. The van der Waals surface area contributed by atoms with E-state index in [1.54, 1.807) is 30.3 Å². The molecule has 2 aromatic rings. The highest BCUT2D eigenvalue weighted by molar-refractivity contribution is 5.29. The first-order chi connectivity index (χ1) is 9.33. The van der Waals surface area contributed by atoms with Crippen LogP contribution >= 0.6 is 0 Å². The maximum absolute atomic E-state index is 5.40. The molecule has 8 nitrogen and oxygen atoms in total. The summed E-state index contributed by atoms with van der Waals surface area (Å²) in [4.78, 5) is 12.6. The summed E-state index contributed by atoms with van der Waals surface area (Å²) in [6, 6.07) is 2.04. The first kappa shape index (κ1) is 13.2. The van der Waals surface area contributed by atoms with Gasteiger partial charge in [-0.2, -0.15) is 20.1 Å². The fourth-order valence-electron chi connectivity index (χ4n) is 1.35. The van der Waals surface area contributed by atoms with Gasteiger partial charge in [-0.1, -0.05) is 0 Å². The lowest BCUT2D eigenvalue weighted by atomic mass is 10.7. The van der Waals surface area contributed by atoms with Crippen LogP contribution in [0.4, 0.5) is 5.95 Å². The van der Waals surface area contributed by atoms with Crippen molar-refractivity contribution < 1.29 is 9.47 Å². The molecule has 19 heavy (non-hydrogen) atoms. The molecule has 2 heterocycles. The van der Waals surface area contributed by atoms with Gasteiger partial charge >= 0.3 is 6.01 Å². The third-order valence-electron chi connectivity index (χ3n) is 2.17. The van der Waals surface area contributed by atoms with Crippen molar-refractivity contribution in [1.29, 1.82) is 0 Å². The summed E-state index contributed by atoms with van der Waals surface area (Å²) in [7, 11) is 1.61. The Hall–Kier alpha value is -2.22. The van der Waals surface area contributed by atoms with Gasteiger partial charge in [-0.25, -0.2) is 4.68 Å². The molecular formula is C11H16N6O2. The number of anilines is 1. The fraction of sp³-hybridized carbons (Fsp3) is 0.455. The van der Waals surface area contributed by atoms with Crippen LogP contribution in [0.15, 0.2) is 18.5 Å². The van der Waals surface area contributed by atoms with Crippen LogP contribution in [0.3, 0.4) is 0 Å². The Balaban J connectivity index is 2.22. The molecule has 0 atom stereocenters. The smallest absolute Gasteiger partial charge is 0.323 e. The number of ether oxygens (including phenoxy) is 2. The van der Waals surface area contributed by atoms with E-state index < -0.39 is 0 Å². The Morgan fingerprint density at radius 3 is 2.84 bits per heavy atom. The van der Waals surface area contributed by atoms with E-state index in [0.29, 0.717) is 31.7 Å². The first-order valence-corrected chi connectivity index (χ1v) is 5.95. The van der Waals surface area contributed by atoms with Crippen LogP contribution in [-0.2, 0) is 4.74 Å². The summed E-state index contributed by atoms with van der Waals surface area (Å²) in [5.74, 6) is 0.860. The second kappa shape index (κ2) is 6.64. The van der Waals surface area contributed by atoms with Crippen molar-refractivity contribution in [2.75, 3.05) is 32.2 Å². The van der Waals surface area contributed by atoms with Gasteiger partial charge in [0.2, 0.25) is 5.95 Å². The zero-order valence-electron chi connectivity index (χ0n) is 10.9. The molecular weight excluding hydrogens is 248 g/mol. The summed E-state index contributed by atoms with van der Waals surface area (Å²) in [5.41, 5.74) is 0. The fourth-order valence-corrected chi connectivity index (χ4v) is 1.35. The summed E-state index contributed by atoms with van der Waals surface area (Å²) < 4.78 is 11.9. The van der Waals surface area contributed by atoms with Gasteiger partial charge in [0.1, 0.15) is 6.61 Å². The Bertz CT molecular complexity index is 502. The monoisotopic (exact) mass is 264 g/mol. The molecule has 0 aliphatic rings. The zero-order valence-corrected chi connectivity index (χ0v) is 10.9. The number of hydrogen-bond acceptors (Lipinski definition) is 7. The molecule has 0 aliphatic carbocycles. The summed E-state index contributed by atoms with van der Waals surface area (Å²) >= 11 is 0. The van der Waals surface area contributed by atoms with Crippen molar-refractivity contribution in [1.82, 2.24) is 24.7 Å². The molecule has 1 N–H and O–H groups in total. The molecule has 0 aliphatic heterocycles. The lowest BCUT2D eigenvalue weighted by Crippen LogP contribution is -2.13. The Morgan fingerprint density at radius 1 is 1.26 bits per heavy atom. The lowest BCUT2D eigenvalue weighted by Gasteiger charge is -2.08. The maximum atomic E-state index is 5.40. The van der Waals surface area contributed by atoms with Gasteiger partial charge in [0.25, 0.3) is 5.95 Å². The minimum Gasteiger partial charge on any atom is -0.461 e. The molecule has 2 aromatic heterocycles. The highest BCUT2D eigenvalue weighted by atomic mass is 16.5. The molecule has 0 aromatic carbocycles. The van der Waals surface area contributed by atoms with Crippen molar-refractivity contribution >= 4 is 5.95 Å². The Kier molecular flexibility index (Phi) is 4.62. The third-order valence-corrected chi connectivity index (χ3v) is 2.17. The molecule has 8 heteroatoms. The van der Waals surface area contributed by atoms with Crippen LogP contribution in [0.2, 0.25) is 0 Å². The van der Waals surface area contributed by atoms with E-state index in [1.807, 2.05) is 6.92 Å². The largest absolute Gasteiger partial charge is 0.461 e. The minimum atomic E-state index is 0.244. The lowest BCUT2D eigenvalue weighted by molar-refractivity contribution is 0.140. The SMILES string of the molecule is CCNc1nc(OCCOC)nc(-n2cccn2)n1. The number of methoxy groups -OCH3 is 1. The average molecular weight is 264 g/mol. The molecule has 0 saturated carbocycles. The van der Waals surface area contributed by atoms with Crippen molar-refractivity contribution in [2.24, 2.45) is 0 Å². The van der Waals surface area contributed by atoms with Crippen LogP contribution < -0.4 is 10.1 Å². The molecule has 0 unspecified atom stereocenters. The van der Waals surface area contributed by atoms with E-state index in [2.05, 4.69) is 25.4 Å². The molecule has 2 rings (SSSR count). The van der Waals surface area contributed by atoms with Crippen molar-refractivity contribution in [3.63, 3.8) is 0 Å². The normalized spacial score (nSPS) is 10.4. The van der Waals surface area contributed by atoms with E-state index in [0.717, 1.165) is 0 Å². The van der Waals surface area contributed by atoms with Gasteiger partial charge in [0, 0.05) is 26.0 Å². The van der Waals surface area contributed by atoms with Gasteiger partial charge in [0.05, 0.1) is 6.61 Å². The molecule has 0 bridgehead atoms. The third kappa shape index (κ3) is 3.62. The van der Waals surface area contributed by atoms with E-state index in [1.165, 1.54) is 0 Å². The molecule has 0 amide bonds. The second-order valence-electron chi connectivity index (χ2n) is 3.56. The predicted octanol–water partition coefficient (Wildman–Crippen LogP) is 0.514. The van der Waals surface area contributed by atoms with Crippen molar-refractivity contribution in [3.8, 4) is 12.0 Å². The topological polar surface area (TPSA) is 87.0 Å². The van der Waals surface area contributed by atoms with Crippen LogP contribution in [0.1, 0.15) is 6.92 Å². The van der Waals surface area contributed by atoms with E-state index in [9.17, 15) is 0 Å². The van der Waals surface area contributed by atoms with Gasteiger partial charge in [0.15, 0.2) is 0 Å². The zero-order chi connectivity index (χ0) is 13.5. The van der Waals surface area contributed by atoms with E-state index in [-0.39, 0.29) is 6.01 Å². The molecule has 0 radical (unpaired) electrons. The predicted molar refractivity (Wildman–Crippen MR) is 68.5 cm³/mol. The Morgan fingerprint density at radius 2 is 2.16 bits per heavy atom. The van der Waals surface area contributed by atoms with E-state index >= 15 is 0 Å².